The van der Waals surface area contributed by atoms with E-state index in [1.807, 2.05) is 53.9 Å². The van der Waals surface area contributed by atoms with E-state index in [0.29, 0.717) is 12.0 Å². The maximum absolute atomic E-state index is 13.3. The average molecular weight is 417 g/mol. The molecule has 1 aliphatic carbocycles. The maximum Gasteiger partial charge on any atom is 0.325 e. The minimum absolute atomic E-state index is 0.253. The molecular weight excluding hydrogens is 396 g/mol. The molecule has 5 rings (SSSR count). The standard InChI is InChI=1S/C24H20N2O3S/c27-20(18-10-8-17(9-11-18)16-5-2-1-3-6-16)15-26-22(28)24(25-23(26)29)13-4-7-21-19(24)12-14-30-21/h1-3,5-6,8-12,14H,4,7,13,15H2,(H,25,29)/t24-/m1/s1. The van der Waals surface area contributed by atoms with Crippen molar-refractivity contribution in [2.24, 2.45) is 0 Å². The Balaban J connectivity index is 1.36. The highest BCUT2D eigenvalue weighted by Crippen LogP contribution is 2.42. The first-order chi connectivity index (χ1) is 14.6. The van der Waals surface area contributed by atoms with Crippen molar-refractivity contribution in [1.29, 1.82) is 0 Å². The number of urea groups is 1. The largest absolute Gasteiger partial charge is 0.325 e. The summed E-state index contributed by atoms with van der Waals surface area (Å²) in [5, 5.41) is 4.85. The number of nitrogens with zero attached hydrogens (tertiary/aromatic N) is 1. The van der Waals surface area contributed by atoms with E-state index in [1.54, 1.807) is 23.5 Å². The van der Waals surface area contributed by atoms with Crippen molar-refractivity contribution in [1.82, 2.24) is 10.2 Å². The molecule has 2 aromatic carbocycles. The third-order valence-electron chi connectivity index (χ3n) is 5.95. The quantitative estimate of drug-likeness (QED) is 0.507. The van der Waals surface area contributed by atoms with Crippen LogP contribution in [0.1, 0.15) is 33.6 Å². The molecule has 1 aliphatic heterocycles. The van der Waals surface area contributed by atoms with E-state index in [9.17, 15) is 14.4 Å². The second-order valence-corrected chi connectivity index (χ2v) is 8.71. The summed E-state index contributed by atoms with van der Waals surface area (Å²) in [6.45, 7) is -0.253. The van der Waals surface area contributed by atoms with Crippen molar-refractivity contribution >= 4 is 29.1 Å². The third-order valence-corrected chi connectivity index (χ3v) is 6.93. The second kappa shape index (κ2) is 7.22. The fraction of sp³-hybridized carbons (Fsp3) is 0.208. The minimum Gasteiger partial charge on any atom is -0.319 e. The van der Waals surface area contributed by atoms with Gasteiger partial charge in [0.15, 0.2) is 5.78 Å². The molecule has 1 saturated heterocycles. The zero-order chi connectivity index (χ0) is 20.7. The highest BCUT2D eigenvalue weighted by atomic mass is 32.1. The molecule has 6 heteroatoms. The van der Waals surface area contributed by atoms with Gasteiger partial charge in [-0.15, -0.1) is 11.3 Å². The van der Waals surface area contributed by atoms with Gasteiger partial charge >= 0.3 is 6.03 Å². The number of aryl methyl sites for hydroxylation is 1. The summed E-state index contributed by atoms with van der Waals surface area (Å²) in [6, 6.07) is 18.6. The highest BCUT2D eigenvalue weighted by molar-refractivity contribution is 7.10. The monoisotopic (exact) mass is 416 g/mol. The van der Waals surface area contributed by atoms with Crippen LogP contribution in [0.4, 0.5) is 4.79 Å². The Morgan fingerprint density at radius 1 is 1.00 bits per heavy atom. The Morgan fingerprint density at radius 3 is 2.50 bits per heavy atom. The number of nitrogens with one attached hydrogen (secondary N) is 1. The number of amides is 3. The van der Waals surface area contributed by atoms with Gasteiger partial charge in [0.2, 0.25) is 0 Å². The average Bonchev–Trinajstić information content (AvgIpc) is 3.35. The lowest BCUT2D eigenvalue weighted by Gasteiger charge is -2.31. The summed E-state index contributed by atoms with van der Waals surface area (Å²) in [6.07, 6.45) is 2.32. The summed E-state index contributed by atoms with van der Waals surface area (Å²) in [7, 11) is 0. The predicted molar refractivity (Wildman–Crippen MR) is 115 cm³/mol. The van der Waals surface area contributed by atoms with E-state index in [4.69, 9.17) is 0 Å². The third kappa shape index (κ3) is 2.95. The molecule has 2 aliphatic rings. The van der Waals surface area contributed by atoms with Crippen LogP contribution in [0.5, 0.6) is 0 Å². The first-order valence-corrected chi connectivity index (χ1v) is 10.9. The molecule has 1 fully saturated rings. The Labute approximate surface area is 178 Å². The summed E-state index contributed by atoms with van der Waals surface area (Å²) >= 11 is 1.61. The molecule has 0 bridgehead atoms. The van der Waals surface area contributed by atoms with Gasteiger partial charge in [-0.25, -0.2) is 4.79 Å². The Hall–Kier alpha value is -3.25. The lowest BCUT2D eigenvalue weighted by Crippen LogP contribution is -2.46. The number of fused-ring (bicyclic) bond motifs is 2. The molecule has 0 radical (unpaired) electrons. The van der Waals surface area contributed by atoms with Crippen LogP contribution in [-0.4, -0.2) is 29.2 Å². The maximum atomic E-state index is 13.3. The lowest BCUT2D eigenvalue weighted by atomic mass is 9.80. The van der Waals surface area contributed by atoms with Gasteiger partial charge in [0, 0.05) is 16.0 Å². The second-order valence-electron chi connectivity index (χ2n) is 7.70. The number of carbonyl (C=O) groups excluding carboxylic acids is 3. The minimum atomic E-state index is -1.01. The molecule has 3 amide bonds. The Kier molecular flexibility index (Phi) is 4.51. The number of imide groups is 1. The molecule has 1 N–H and O–H groups in total. The van der Waals surface area contributed by atoms with E-state index < -0.39 is 11.6 Å². The van der Waals surface area contributed by atoms with Gasteiger partial charge in [-0.3, -0.25) is 14.5 Å². The lowest BCUT2D eigenvalue weighted by molar-refractivity contribution is -0.131. The Morgan fingerprint density at radius 2 is 1.73 bits per heavy atom. The van der Waals surface area contributed by atoms with Crippen molar-refractivity contribution in [3.05, 3.63) is 82.0 Å². The van der Waals surface area contributed by atoms with E-state index >= 15 is 0 Å². The van der Waals surface area contributed by atoms with Crippen molar-refractivity contribution in [2.75, 3.05) is 6.54 Å². The molecular formula is C24H20N2O3S. The van der Waals surface area contributed by atoms with Crippen LogP contribution in [0.3, 0.4) is 0 Å². The van der Waals surface area contributed by atoms with E-state index in [1.165, 1.54) is 0 Å². The Bertz CT molecular complexity index is 1140. The van der Waals surface area contributed by atoms with Crippen molar-refractivity contribution in [2.45, 2.75) is 24.8 Å². The van der Waals surface area contributed by atoms with E-state index in [2.05, 4.69) is 5.32 Å². The SMILES string of the molecule is O=C(CN1C(=O)N[C@@]2(CCCc3sccc32)C1=O)c1ccc(-c2ccccc2)cc1. The highest BCUT2D eigenvalue weighted by Gasteiger charge is 2.54. The van der Waals surface area contributed by atoms with Crippen LogP contribution in [0.15, 0.2) is 66.0 Å². The molecule has 0 saturated carbocycles. The molecule has 30 heavy (non-hydrogen) atoms. The van der Waals surface area contributed by atoms with Gasteiger partial charge in [-0.1, -0.05) is 54.6 Å². The first-order valence-electron chi connectivity index (χ1n) is 9.98. The number of rotatable bonds is 4. The van der Waals surface area contributed by atoms with Gasteiger partial charge in [-0.2, -0.15) is 0 Å². The molecule has 5 nitrogen and oxygen atoms in total. The van der Waals surface area contributed by atoms with Crippen molar-refractivity contribution in [3.63, 3.8) is 0 Å². The summed E-state index contributed by atoms with van der Waals surface area (Å²) in [5.41, 5.74) is 2.43. The van der Waals surface area contributed by atoms with Gasteiger partial charge in [0.05, 0.1) is 6.54 Å². The number of hydrogen-bond donors (Lipinski definition) is 1. The molecule has 3 aromatic rings. The predicted octanol–water partition coefficient (Wildman–Crippen LogP) is 4.38. The van der Waals surface area contributed by atoms with Crippen molar-refractivity contribution in [3.8, 4) is 11.1 Å². The summed E-state index contributed by atoms with van der Waals surface area (Å²) < 4.78 is 0. The smallest absolute Gasteiger partial charge is 0.319 e. The van der Waals surface area contributed by atoms with Crippen LogP contribution in [-0.2, 0) is 16.8 Å². The number of ketones is 1. The van der Waals surface area contributed by atoms with Gasteiger partial charge in [0.25, 0.3) is 5.91 Å². The molecule has 2 heterocycles. The van der Waals surface area contributed by atoms with Crippen LogP contribution < -0.4 is 5.32 Å². The zero-order valence-electron chi connectivity index (χ0n) is 16.3. The first kappa shape index (κ1) is 18.8. The zero-order valence-corrected chi connectivity index (χ0v) is 17.1. The van der Waals surface area contributed by atoms with E-state index in [-0.39, 0.29) is 18.2 Å². The fourth-order valence-corrected chi connectivity index (χ4v) is 5.40. The molecule has 0 unspecified atom stereocenters. The molecule has 1 atom stereocenters. The number of benzene rings is 2. The summed E-state index contributed by atoms with van der Waals surface area (Å²) in [4.78, 5) is 40.9. The molecule has 1 aromatic heterocycles. The van der Waals surface area contributed by atoms with Crippen LogP contribution in [0.2, 0.25) is 0 Å². The number of Topliss-reactive ketones (excluding diaryl/α,β-unsaturated/α-hetero) is 1. The van der Waals surface area contributed by atoms with E-state index in [0.717, 1.165) is 39.3 Å². The topological polar surface area (TPSA) is 66.5 Å². The normalized spacial score (nSPS) is 20.3. The van der Waals surface area contributed by atoms with Crippen LogP contribution in [0, 0.1) is 0 Å². The number of hydrogen-bond acceptors (Lipinski definition) is 4. The molecule has 150 valence electrons. The molecule has 1 spiro atoms. The number of thiophene rings is 1. The number of carbonyl (C=O) groups is 3. The van der Waals surface area contributed by atoms with Crippen LogP contribution in [0.25, 0.3) is 11.1 Å². The van der Waals surface area contributed by atoms with Crippen LogP contribution >= 0.6 is 11.3 Å². The van der Waals surface area contributed by atoms with Gasteiger partial charge < -0.3 is 5.32 Å². The fourth-order valence-electron chi connectivity index (χ4n) is 4.40. The van der Waals surface area contributed by atoms with Gasteiger partial charge in [-0.05, 0) is 41.8 Å². The van der Waals surface area contributed by atoms with Crippen molar-refractivity contribution < 1.29 is 14.4 Å². The summed E-state index contributed by atoms with van der Waals surface area (Å²) in [5.74, 6) is -0.572. The van der Waals surface area contributed by atoms with Gasteiger partial charge in [0.1, 0.15) is 5.54 Å².